The van der Waals surface area contributed by atoms with Crippen LogP contribution in [-0.4, -0.2) is 24.5 Å². The first-order chi connectivity index (χ1) is 12.7. The maximum absolute atomic E-state index is 11.8. The second-order valence-corrected chi connectivity index (χ2v) is 8.76. The predicted octanol–water partition coefficient (Wildman–Crippen LogP) is 3.51. The van der Waals surface area contributed by atoms with Crippen molar-refractivity contribution < 1.29 is 22.4 Å². The van der Waals surface area contributed by atoms with E-state index >= 15 is 0 Å². The maximum Gasteiger partial charge on any atom is 0.306 e. The number of benzene rings is 1. The highest BCUT2D eigenvalue weighted by Crippen LogP contribution is 2.31. The summed E-state index contributed by atoms with van der Waals surface area (Å²) in [6, 6.07) is 6.27. The standard InChI is InChI=1S/C16H17ClN2O5S3/c1-2-15(20)24-9-26-16(25)11-6-14(27(18,21)22)12(17)7-13(11)19-8-10-4-3-5-23-10/h3-7,19H,2,8-9H2,1H3,(H2,18,21,22). The summed E-state index contributed by atoms with van der Waals surface area (Å²) in [7, 11) is -4.03. The number of anilines is 1. The lowest BCUT2D eigenvalue weighted by atomic mass is 10.2. The van der Waals surface area contributed by atoms with Crippen molar-refractivity contribution in [3.63, 3.8) is 0 Å². The van der Waals surface area contributed by atoms with E-state index in [1.54, 1.807) is 19.1 Å². The molecule has 3 N–H and O–H groups in total. The summed E-state index contributed by atoms with van der Waals surface area (Å²) >= 11 is 12.5. The summed E-state index contributed by atoms with van der Waals surface area (Å²) in [5.41, 5.74) is 0.908. The van der Waals surface area contributed by atoms with Crippen molar-refractivity contribution in [3.8, 4) is 0 Å². The molecule has 27 heavy (non-hydrogen) atoms. The highest BCUT2D eigenvalue weighted by molar-refractivity contribution is 8.23. The molecule has 0 amide bonds. The lowest BCUT2D eigenvalue weighted by Crippen LogP contribution is -2.15. The average Bonchev–Trinajstić information content (AvgIpc) is 3.12. The quantitative estimate of drug-likeness (QED) is 0.358. The van der Waals surface area contributed by atoms with Gasteiger partial charge in [0.2, 0.25) is 10.0 Å². The molecule has 2 rings (SSSR count). The Morgan fingerprint density at radius 3 is 2.78 bits per heavy atom. The highest BCUT2D eigenvalue weighted by Gasteiger charge is 2.19. The lowest BCUT2D eigenvalue weighted by Gasteiger charge is -2.15. The van der Waals surface area contributed by atoms with E-state index < -0.39 is 10.0 Å². The number of furan rings is 1. The summed E-state index contributed by atoms with van der Waals surface area (Å²) in [4.78, 5) is 11.0. The van der Waals surface area contributed by atoms with E-state index in [-0.39, 0.29) is 28.2 Å². The molecule has 0 aliphatic carbocycles. The smallest absolute Gasteiger partial charge is 0.306 e. The molecule has 0 atom stereocenters. The number of hydrogen-bond acceptors (Lipinski definition) is 8. The van der Waals surface area contributed by atoms with E-state index in [2.05, 4.69) is 5.32 Å². The van der Waals surface area contributed by atoms with Gasteiger partial charge in [-0.05, 0) is 24.3 Å². The van der Waals surface area contributed by atoms with Gasteiger partial charge in [0.25, 0.3) is 0 Å². The highest BCUT2D eigenvalue weighted by atomic mass is 35.5. The number of esters is 1. The molecule has 146 valence electrons. The number of primary sulfonamides is 1. The second-order valence-electron chi connectivity index (χ2n) is 5.23. The minimum atomic E-state index is -4.03. The van der Waals surface area contributed by atoms with Crippen LogP contribution in [-0.2, 0) is 26.1 Å². The van der Waals surface area contributed by atoms with Gasteiger partial charge < -0.3 is 14.5 Å². The zero-order chi connectivity index (χ0) is 20.0. The van der Waals surface area contributed by atoms with Crippen LogP contribution in [0.5, 0.6) is 0 Å². The molecule has 0 fully saturated rings. The molecule has 1 aromatic heterocycles. The van der Waals surface area contributed by atoms with Crippen molar-refractivity contribution in [1.29, 1.82) is 0 Å². The third-order valence-corrected chi connectivity index (χ3v) is 6.00. The van der Waals surface area contributed by atoms with Gasteiger partial charge in [0.1, 0.15) is 16.6 Å². The number of thiocarbonyl (C=S) groups is 1. The molecule has 0 aliphatic rings. The van der Waals surface area contributed by atoms with E-state index in [0.29, 0.717) is 27.8 Å². The molecule has 0 unspecified atom stereocenters. The zero-order valence-corrected chi connectivity index (χ0v) is 17.4. The Hall–Kier alpha value is -1.59. The number of halogens is 1. The second kappa shape index (κ2) is 9.56. The number of nitrogens with one attached hydrogen (secondary N) is 1. The summed E-state index contributed by atoms with van der Waals surface area (Å²) in [6.45, 7) is 2.02. The van der Waals surface area contributed by atoms with Crippen LogP contribution in [0.2, 0.25) is 5.02 Å². The molecule has 0 saturated carbocycles. The van der Waals surface area contributed by atoms with Gasteiger partial charge in [-0.15, -0.1) is 0 Å². The summed E-state index contributed by atoms with van der Waals surface area (Å²) < 4.78 is 34.1. The number of carbonyl (C=O) groups excluding carboxylic acids is 1. The molecule has 7 nitrogen and oxygen atoms in total. The third kappa shape index (κ3) is 6.22. The van der Waals surface area contributed by atoms with Gasteiger partial charge >= 0.3 is 5.97 Å². The Balaban J connectivity index is 2.29. The first-order valence-corrected chi connectivity index (χ1v) is 11.0. The van der Waals surface area contributed by atoms with Gasteiger partial charge in [0.05, 0.1) is 22.0 Å². The van der Waals surface area contributed by atoms with E-state index in [4.69, 9.17) is 38.1 Å². The molecule has 11 heteroatoms. The number of rotatable bonds is 8. The van der Waals surface area contributed by atoms with E-state index in [9.17, 15) is 13.2 Å². The minimum absolute atomic E-state index is 0.0104. The molecule has 0 aliphatic heterocycles. The van der Waals surface area contributed by atoms with Gasteiger partial charge in [-0.2, -0.15) is 0 Å². The fourth-order valence-electron chi connectivity index (χ4n) is 2.01. The normalized spacial score (nSPS) is 11.2. The fourth-order valence-corrected chi connectivity index (χ4v) is 4.04. The molecule has 0 radical (unpaired) electrons. The van der Waals surface area contributed by atoms with Gasteiger partial charge in [-0.3, -0.25) is 4.79 Å². The molecule has 0 spiro atoms. The Kier molecular flexibility index (Phi) is 7.68. The van der Waals surface area contributed by atoms with Crippen LogP contribution < -0.4 is 10.5 Å². The largest absolute Gasteiger partial charge is 0.467 e. The number of thioether (sulfide) groups is 1. The van der Waals surface area contributed by atoms with Crippen molar-refractivity contribution in [1.82, 2.24) is 0 Å². The molecule has 2 aromatic rings. The molecule has 1 heterocycles. The van der Waals surface area contributed by atoms with Gasteiger partial charge in [0, 0.05) is 17.7 Å². The van der Waals surface area contributed by atoms with Crippen LogP contribution in [0.3, 0.4) is 0 Å². The molecular weight excluding hydrogens is 432 g/mol. The van der Waals surface area contributed by atoms with Crippen LogP contribution in [0.25, 0.3) is 0 Å². The zero-order valence-electron chi connectivity index (χ0n) is 14.2. The molecule has 0 saturated heterocycles. The predicted molar refractivity (Wildman–Crippen MR) is 109 cm³/mol. The minimum Gasteiger partial charge on any atom is -0.467 e. The molecular formula is C16H17ClN2O5S3. The molecule has 0 bridgehead atoms. The van der Waals surface area contributed by atoms with Crippen molar-refractivity contribution in [2.24, 2.45) is 5.14 Å². The van der Waals surface area contributed by atoms with Crippen molar-refractivity contribution in [2.45, 2.75) is 24.8 Å². The SMILES string of the molecule is CCC(=O)OCSC(=S)c1cc(S(N)(=O)=O)c(Cl)cc1NCc1ccco1. The number of ether oxygens (including phenoxy) is 1. The number of sulfonamides is 1. The Bertz CT molecular complexity index is 930. The topological polar surface area (TPSA) is 112 Å². The van der Waals surface area contributed by atoms with Crippen molar-refractivity contribution >= 4 is 61.5 Å². The number of nitrogens with two attached hydrogens (primary N) is 1. The third-order valence-electron chi connectivity index (χ3n) is 3.33. The molecule has 1 aromatic carbocycles. The summed E-state index contributed by atoms with van der Waals surface area (Å²) in [6.07, 6.45) is 1.79. The maximum atomic E-state index is 11.8. The van der Waals surface area contributed by atoms with Gasteiger partial charge in [-0.25, -0.2) is 13.6 Å². The summed E-state index contributed by atoms with van der Waals surface area (Å²) in [5.74, 6) is 0.321. The number of hydrogen-bond donors (Lipinski definition) is 2. The first-order valence-electron chi connectivity index (χ1n) is 7.67. The summed E-state index contributed by atoms with van der Waals surface area (Å²) in [5, 5.41) is 8.29. The van der Waals surface area contributed by atoms with E-state index in [1.807, 2.05) is 0 Å². The van der Waals surface area contributed by atoms with E-state index in [0.717, 1.165) is 11.8 Å². The lowest BCUT2D eigenvalue weighted by molar-refractivity contribution is -0.140. The van der Waals surface area contributed by atoms with Crippen LogP contribution in [0.4, 0.5) is 5.69 Å². The average molecular weight is 449 g/mol. The van der Waals surface area contributed by atoms with Crippen LogP contribution >= 0.6 is 35.6 Å². The van der Waals surface area contributed by atoms with Gasteiger partial charge in [-0.1, -0.05) is 42.5 Å². The Labute approximate surface area is 171 Å². The van der Waals surface area contributed by atoms with Gasteiger partial charge in [0.15, 0.2) is 0 Å². The monoisotopic (exact) mass is 448 g/mol. The van der Waals surface area contributed by atoms with Crippen LogP contribution in [0.15, 0.2) is 39.8 Å². The Morgan fingerprint density at radius 1 is 1.44 bits per heavy atom. The van der Waals surface area contributed by atoms with Crippen LogP contribution in [0, 0.1) is 0 Å². The number of carbonyl (C=O) groups is 1. The Morgan fingerprint density at radius 2 is 2.19 bits per heavy atom. The van der Waals surface area contributed by atoms with Crippen molar-refractivity contribution in [2.75, 3.05) is 11.3 Å². The fraction of sp³-hybridized carbons (Fsp3) is 0.250. The van der Waals surface area contributed by atoms with E-state index in [1.165, 1.54) is 18.4 Å². The van der Waals surface area contributed by atoms with Crippen molar-refractivity contribution in [3.05, 3.63) is 46.9 Å². The van der Waals surface area contributed by atoms with Crippen LogP contribution in [0.1, 0.15) is 24.7 Å². The first kappa shape index (κ1) is 21.7.